The first kappa shape index (κ1) is 21.9. The molecule has 3 rings (SSSR count). The van der Waals surface area contributed by atoms with Crippen LogP contribution in [0.3, 0.4) is 0 Å². The van der Waals surface area contributed by atoms with Crippen LogP contribution in [0.1, 0.15) is 5.56 Å². The standard InChI is InChI=1S/C10H15NO2.C9H10N4O3/c1-12-9-4-3-8(5-6-11)7-10(9)13-2;1-11-7-6(8(15)12(2)9(11)16)13(3-4-14)5-10-7/h3-4,7H,5-6,11H2,1-2H3;4-5H,3H2,1-2H3. The third kappa shape index (κ3) is 4.54. The normalized spacial score (nSPS) is 10.4. The third-order valence-corrected chi connectivity index (χ3v) is 4.37. The van der Waals surface area contributed by atoms with Crippen molar-refractivity contribution in [3.8, 4) is 11.5 Å². The molecule has 0 saturated heterocycles. The van der Waals surface area contributed by atoms with Gasteiger partial charge in [-0.25, -0.2) is 9.78 Å². The van der Waals surface area contributed by atoms with Crippen LogP contribution >= 0.6 is 0 Å². The van der Waals surface area contributed by atoms with Crippen LogP contribution in [0.2, 0.25) is 0 Å². The van der Waals surface area contributed by atoms with E-state index in [9.17, 15) is 14.4 Å². The molecule has 0 atom stereocenters. The van der Waals surface area contributed by atoms with Gasteiger partial charge >= 0.3 is 5.69 Å². The number of rotatable bonds is 6. The summed E-state index contributed by atoms with van der Waals surface area (Å²) in [5.74, 6) is 1.51. The van der Waals surface area contributed by atoms with Gasteiger partial charge in [-0.3, -0.25) is 13.9 Å². The number of nitrogens with zero attached hydrogens (tertiary/aromatic N) is 4. The van der Waals surface area contributed by atoms with Gasteiger partial charge in [-0.1, -0.05) is 6.07 Å². The number of imidazole rings is 1. The second-order valence-electron chi connectivity index (χ2n) is 6.17. The second-order valence-corrected chi connectivity index (χ2v) is 6.17. The van der Waals surface area contributed by atoms with Crippen molar-refractivity contribution in [2.75, 3.05) is 20.8 Å². The van der Waals surface area contributed by atoms with Crippen molar-refractivity contribution in [1.82, 2.24) is 18.7 Å². The zero-order valence-corrected chi connectivity index (χ0v) is 16.9. The molecule has 0 aliphatic carbocycles. The van der Waals surface area contributed by atoms with Crippen LogP contribution in [0.5, 0.6) is 11.5 Å². The van der Waals surface area contributed by atoms with Gasteiger partial charge in [0.2, 0.25) is 0 Å². The average molecular weight is 403 g/mol. The Morgan fingerprint density at radius 2 is 1.79 bits per heavy atom. The van der Waals surface area contributed by atoms with Gasteiger partial charge in [0.15, 0.2) is 22.7 Å². The van der Waals surface area contributed by atoms with Gasteiger partial charge in [0.25, 0.3) is 5.56 Å². The zero-order chi connectivity index (χ0) is 21.6. The van der Waals surface area contributed by atoms with Crippen molar-refractivity contribution >= 4 is 17.5 Å². The van der Waals surface area contributed by atoms with E-state index < -0.39 is 11.2 Å². The van der Waals surface area contributed by atoms with E-state index in [1.807, 2.05) is 18.2 Å². The highest BCUT2D eigenvalue weighted by Crippen LogP contribution is 2.27. The number of ether oxygens (including phenoxy) is 2. The third-order valence-electron chi connectivity index (χ3n) is 4.37. The van der Waals surface area contributed by atoms with Gasteiger partial charge in [-0.15, -0.1) is 0 Å². The van der Waals surface area contributed by atoms with Crippen molar-refractivity contribution in [2.24, 2.45) is 19.8 Å². The fourth-order valence-electron chi connectivity index (χ4n) is 2.82. The minimum Gasteiger partial charge on any atom is -0.493 e. The van der Waals surface area contributed by atoms with Crippen LogP contribution in [0.4, 0.5) is 0 Å². The molecule has 1 aromatic carbocycles. The highest BCUT2D eigenvalue weighted by atomic mass is 16.5. The highest BCUT2D eigenvalue weighted by Gasteiger charge is 2.13. The Kier molecular flexibility index (Phi) is 7.32. The Morgan fingerprint density at radius 3 is 2.38 bits per heavy atom. The molecule has 3 aromatic rings. The molecule has 0 radical (unpaired) electrons. The van der Waals surface area contributed by atoms with E-state index in [-0.39, 0.29) is 17.7 Å². The van der Waals surface area contributed by atoms with Crippen molar-refractivity contribution in [3.05, 3.63) is 50.9 Å². The molecule has 0 unspecified atom stereocenters. The molecule has 29 heavy (non-hydrogen) atoms. The van der Waals surface area contributed by atoms with E-state index in [0.717, 1.165) is 22.5 Å². The van der Waals surface area contributed by atoms with Gasteiger partial charge in [-0.05, 0) is 30.7 Å². The summed E-state index contributed by atoms with van der Waals surface area (Å²) in [5.41, 5.74) is 6.28. The minimum absolute atomic E-state index is 0.0456. The quantitative estimate of drug-likeness (QED) is 0.567. The Labute approximate surface area is 167 Å². The number of methoxy groups -OCH3 is 2. The van der Waals surface area contributed by atoms with Crippen molar-refractivity contribution in [1.29, 1.82) is 0 Å². The second kappa shape index (κ2) is 9.69. The summed E-state index contributed by atoms with van der Waals surface area (Å²) in [5, 5.41) is 0. The Hall–Kier alpha value is -3.40. The molecule has 0 saturated carbocycles. The summed E-state index contributed by atoms with van der Waals surface area (Å²) in [6, 6.07) is 5.84. The maximum atomic E-state index is 11.8. The fraction of sp³-hybridized carbons (Fsp3) is 0.368. The molecule has 2 heterocycles. The molecule has 0 aliphatic heterocycles. The van der Waals surface area contributed by atoms with Crippen molar-refractivity contribution < 1.29 is 14.3 Å². The summed E-state index contributed by atoms with van der Waals surface area (Å²) >= 11 is 0. The van der Waals surface area contributed by atoms with Gasteiger partial charge < -0.3 is 24.6 Å². The number of aromatic nitrogens is 4. The minimum atomic E-state index is -0.447. The number of fused-ring (bicyclic) bond motifs is 1. The van der Waals surface area contributed by atoms with Gasteiger partial charge in [0.1, 0.15) is 6.29 Å². The number of benzene rings is 1. The molecule has 10 nitrogen and oxygen atoms in total. The lowest BCUT2D eigenvalue weighted by atomic mass is 10.1. The summed E-state index contributed by atoms with van der Waals surface area (Å²) in [7, 11) is 6.18. The van der Waals surface area contributed by atoms with E-state index in [1.54, 1.807) is 14.2 Å². The Bertz CT molecular complexity index is 1110. The zero-order valence-electron chi connectivity index (χ0n) is 16.9. The van der Waals surface area contributed by atoms with Crippen molar-refractivity contribution in [3.63, 3.8) is 0 Å². The number of aryl methyl sites for hydroxylation is 1. The number of carbonyl (C=O) groups is 1. The summed E-state index contributed by atoms with van der Waals surface area (Å²) in [6.07, 6.45) is 2.91. The van der Waals surface area contributed by atoms with Crippen LogP contribution in [0, 0.1) is 0 Å². The van der Waals surface area contributed by atoms with Gasteiger partial charge in [0, 0.05) is 14.1 Å². The predicted molar refractivity (Wildman–Crippen MR) is 109 cm³/mol. The van der Waals surface area contributed by atoms with E-state index >= 15 is 0 Å². The van der Waals surface area contributed by atoms with Crippen LogP contribution in [0.25, 0.3) is 11.2 Å². The largest absolute Gasteiger partial charge is 0.493 e. The van der Waals surface area contributed by atoms with Gasteiger partial charge in [0.05, 0.1) is 27.1 Å². The first-order valence-electron chi connectivity index (χ1n) is 8.85. The molecule has 156 valence electrons. The summed E-state index contributed by atoms with van der Waals surface area (Å²) in [4.78, 5) is 37.8. The summed E-state index contributed by atoms with van der Waals surface area (Å²) < 4.78 is 14.0. The van der Waals surface area contributed by atoms with E-state index in [1.165, 1.54) is 35.1 Å². The topological polar surface area (TPSA) is 123 Å². The van der Waals surface area contributed by atoms with E-state index in [4.69, 9.17) is 15.2 Å². The lowest BCUT2D eigenvalue weighted by Gasteiger charge is -2.08. The SMILES string of the molecule is COc1ccc(CCN)cc1OC.Cn1c(=O)c2c(ncn2CC=O)n(C)c1=O. The summed E-state index contributed by atoms with van der Waals surface area (Å²) in [6.45, 7) is 0.694. The first-order valence-corrected chi connectivity index (χ1v) is 8.85. The lowest BCUT2D eigenvalue weighted by Crippen LogP contribution is -2.37. The number of hydrogen-bond donors (Lipinski definition) is 1. The maximum absolute atomic E-state index is 11.8. The number of carbonyl (C=O) groups excluding carboxylic acids is 1. The average Bonchev–Trinajstić information content (AvgIpc) is 3.15. The van der Waals surface area contributed by atoms with Crippen LogP contribution in [0.15, 0.2) is 34.1 Å². The molecule has 0 aliphatic rings. The highest BCUT2D eigenvalue weighted by molar-refractivity contribution is 5.71. The molecule has 0 fully saturated rings. The van der Waals surface area contributed by atoms with E-state index in [0.29, 0.717) is 12.8 Å². The molecule has 0 spiro atoms. The number of aldehydes is 1. The number of hydrogen-bond acceptors (Lipinski definition) is 7. The molecule has 10 heteroatoms. The molecular weight excluding hydrogens is 378 g/mol. The van der Waals surface area contributed by atoms with Crippen LogP contribution in [-0.2, 0) is 31.9 Å². The van der Waals surface area contributed by atoms with Crippen LogP contribution < -0.4 is 26.5 Å². The predicted octanol–water partition coefficient (Wildman–Crippen LogP) is -0.162. The molecule has 2 N–H and O–H groups in total. The molecular formula is C19H25N5O5. The smallest absolute Gasteiger partial charge is 0.332 e. The molecule has 0 bridgehead atoms. The van der Waals surface area contributed by atoms with Gasteiger partial charge in [-0.2, -0.15) is 0 Å². The number of nitrogens with two attached hydrogens (primary N) is 1. The van der Waals surface area contributed by atoms with Crippen molar-refractivity contribution in [2.45, 2.75) is 13.0 Å². The lowest BCUT2D eigenvalue weighted by molar-refractivity contribution is -0.108. The van der Waals surface area contributed by atoms with Crippen LogP contribution in [-0.4, -0.2) is 45.7 Å². The monoisotopic (exact) mass is 403 g/mol. The maximum Gasteiger partial charge on any atom is 0.332 e. The Morgan fingerprint density at radius 1 is 1.10 bits per heavy atom. The Balaban J connectivity index is 0.000000212. The molecule has 0 amide bonds. The molecule has 2 aromatic heterocycles. The fourth-order valence-corrected chi connectivity index (χ4v) is 2.82. The first-order chi connectivity index (χ1) is 13.9. The van der Waals surface area contributed by atoms with E-state index in [2.05, 4.69) is 4.98 Å².